The van der Waals surface area contributed by atoms with E-state index in [4.69, 9.17) is 4.98 Å². The normalized spacial score (nSPS) is 16.3. The van der Waals surface area contributed by atoms with Crippen molar-refractivity contribution in [3.05, 3.63) is 90.8 Å². The fourth-order valence-corrected chi connectivity index (χ4v) is 4.69. The predicted octanol–water partition coefficient (Wildman–Crippen LogP) is 7.00. The molecule has 2 aromatic carbocycles. The van der Waals surface area contributed by atoms with Crippen molar-refractivity contribution in [3.63, 3.8) is 0 Å². The van der Waals surface area contributed by atoms with Crippen molar-refractivity contribution in [1.29, 1.82) is 0 Å². The summed E-state index contributed by atoms with van der Waals surface area (Å²) in [6, 6.07) is 19.3. The first-order chi connectivity index (χ1) is 13.8. The first-order valence-electron chi connectivity index (χ1n) is 9.56. The monoisotopic (exact) mass is 380 g/mol. The van der Waals surface area contributed by atoms with Gasteiger partial charge in [0.1, 0.15) is 5.01 Å². The Hall–Kier alpha value is -3.04. The molecule has 28 heavy (non-hydrogen) atoms. The SMILES string of the molecule is CC1CC=CC=C1c1cc(-c2cccnc2)cc(-c2nc3ccccc3s2)c1. The van der Waals surface area contributed by atoms with Gasteiger partial charge >= 0.3 is 0 Å². The molecule has 2 aromatic heterocycles. The zero-order chi connectivity index (χ0) is 18.9. The molecule has 2 nitrogen and oxygen atoms in total. The van der Waals surface area contributed by atoms with Crippen LogP contribution in [0.25, 0.3) is 37.5 Å². The fourth-order valence-electron chi connectivity index (χ4n) is 3.74. The van der Waals surface area contributed by atoms with Gasteiger partial charge in [0.2, 0.25) is 0 Å². The molecule has 1 atom stereocenters. The van der Waals surface area contributed by atoms with Crippen molar-refractivity contribution >= 4 is 27.1 Å². The summed E-state index contributed by atoms with van der Waals surface area (Å²) in [6.45, 7) is 2.30. The van der Waals surface area contributed by atoms with Crippen LogP contribution in [0.5, 0.6) is 0 Å². The molecule has 1 unspecified atom stereocenters. The molecule has 4 aromatic rings. The minimum Gasteiger partial charge on any atom is -0.264 e. The van der Waals surface area contributed by atoms with Crippen LogP contribution in [0.1, 0.15) is 18.9 Å². The second-order valence-electron chi connectivity index (χ2n) is 7.21. The minimum absolute atomic E-state index is 0.511. The lowest BCUT2D eigenvalue weighted by Crippen LogP contribution is -2.01. The molecule has 0 bridgehead atoms. The van der Waals surface area contributed by atoms with Crippen LogP contribution in [0.2, 0.25) is 0 Å². The third kappa shape index (κ3) is 3.19. The topological polar surface area (TPSA) is 25.8 Å². The Morgan fingerprint density at radius 1 is 0.929 bits per heavy atom. The molecule has 0 saturated heterocycles. The number of aromatic nitrogens is 2. The van der Waals surface area contributed by atoms with Gasteiger partial charge in [0.15, 0.2) is 0 Å². The first-order valence-corrected chi connectivity index (χ1v) is 10.4. The maximum absolute atomic E-state index is 4.89. The van der Waals surface area contributed by atoms with Crippen LogP contribution < -0.4 is 0 Å². The highest BCUT2D eigenvalue weighted by atomic mass is 32.1. The van der Waals surface area contributed by atoms with E-state index in [0.29, 0.717) is 5.92 Å². The Bertz CT molecular complexity index is 1170. The zero-order valence-corrected chi connectivity index (χ0v) is 16.5. The average molecular weight is 381 g/mol. The molecule has 0 saturated carbocycles. The smallest absolute Gasteiger partial charge is 0.124 e. The molecule has 0 fully saturated rings. The van der Waals surface area contributed by atoms with E-state index in [0.717, 1.165) is 22.5 Å². The highest BCUT2D eigenvalue weighted by Crippen LogP contribution is 2.37. The summed E-state index contributed by atoms with van der Waals surface area (Å²) in [7, 11) is 0. The van der Waals surface area contributed by atoms with Gasteiger partial charge in [0.05, 0.1) is 10.2 Å². The Kier molecular flexibility index (Phi) is 4.38. The molecule has 5 rings (SSSR count). The van der Waals surface area contributed by atoms with E-state index >= 15 is 0 Å². The summed E-state index contributed by atoms with van der Waals surface area (Å²) in [4.78, 5) is 9.21. The number of nitrogens with zero attached hydrogens (tertiary/aromatic N) is 2. The number of hydrogen-bond acceptors (Lipinski definition) is 3. The molecule has 2 heterocycles. The van der Waals surface area contributed by atoms with Gasteiger partial charge in [0.25, 0.3) is 0 Å². The standard InChI is InChI=1S/C25H20N2S/c1-17-7-2-3-9-22(17)20-13-19(18-8-6-12-26-16-18)14-21(15-20)25-27-23-10-4-5-11-24(23)28-25/h2-6,8-17H,7H2,1H3. The van der Waals surface area contributed by atoms with E-state index in [1.165, 1.54) is 27.0 Å². The second kappa shape index (κ2) is 7.17. The van der Waals surface area contributed by atoms with Crippen molar-refractivity contribution < 1.29 is 0 Å². The maximum atomic E-state index is 4.89. The Balaban J connectivity index is 1.71. The van der Waals surface area contributed by atoms with Gasteiger partial charge in [-0.3, -0.25) is 4.98 Å². The molecule has 0 spiro atoms. The van der Waals surface area contributed by atoms with Crippen LogP contribution in [0, 0.1) is 5.92 Å². The summed E-state index contributed by atoms with van der Waals surface area (Å²) in [5.41, 5.74) is 7.20. The number of fused-ring (bicyclic) bond motifs is 1. The highest BCUT2D eigenvalue weighted by molar-refractivity contribution is 7.21. The van der Waals surface area contributed by atoms with Crippen molar-refractivity contribution in [3.8, 4) is 21.7 Å². The molecule has 0 N–H and O–H groups in total. The van der Waals surface area contributed by atoms with Gasteiger partial charge < -0.3 is 0 Å². The van der Waals surface area contributed by atoms with Crippen LogP contribution in [0.3, 0.4) is 0 Å². The van der Waals surface area contributed by atoms with Crippen LogP contribution in [-0.2, 0) is 0 Å². The van der Waals surface area contributed by atoms with Crippen LogP contribution in [-0.4, -0.2) is 9.97 Å². The molecule has 3 heteroatoms. The molecular weight excluding hydrogens is 360 g/mol. The van der Waals surface area contributed by atoms with Gasteiger partial charge in [-0.1, -0.05) is 43.4 Å². The van der Waals surface area contributed by atoms with E-state index in [1.807, 2.05) is 24.5 Å². The lowest BCUT2D eigenvalue weighted by Gasteiger charge is -2.19. The number of thiazole rings is 1. The van der Waals surface area contributed by atoms with E-state index < -0.39 is 0 Å². The number of para-hydroxylation sites is 1. The third-order valence-electron chi connectivity index (χ3n) is 5.23. The predicted molar refractivity (Wildman–Crippen MR) is 119 cm³/mol. The third-order valence-corrected chi connectivity index (χ3v) is 6.32. The summed E-state index contributed by atoms with van der Waals surface area (Å²) in [5.74, 6) is 0.511. The second-order valence-corrected chi connectivity index (χ2v) is 8.25. The zero-order valence-electron chi connectivity index (χ0n) is 15.7. The highest BCUT2D eigenvalue weighted by Gasteiger charge is 2.16. The average Bonchev–Trinajstić information content (AvgIpc) is 3.19. The molecule has 1 aliphatic rings. The van der Waals surface area contributed by atoms with E-state index in [-0.39, 0.29) is 0 Å². The van der Waals surface area contributed by atoms with Crippen molar-refractivity contribution in [2.75, 3.05) is 0 Å². The number of benzene rings is 2. The van der Waals surface area contributed by atoms with Gasteiger partial charge in [-0.15, -0.1) is 11.3 Å². The molecule has 0 amide bonds. The fraction of sp³-hybridized carbons (Fsp3) is 0.120. The van der Waals surface area contributed by atoms with Gasteiger partial charge in [-0.2, -0.15) is 0 Å². The maximum Gasteiger partial charge on any atom is 0.124 e. The quantitative estimate of drug-likeness (QED) is 0.382. The van der Waals surface area contributed by atoms with Gasteiger partial charge in [-0.25, -0.2) is 4.98 Å². The first kappa shape index (κ1) is 17.1. The summed E-state index contributed by atoms with van der Waals surface area (Å²) in [6.07, 6.45) is 11.5. The number of pyridine rings is 1. The summed E-state index contributed by atoms with van der Waals surface area (Å²) in [5, 5.41) is 1.06. The molecular formula is C25H20N2S. The largest absolute Gasteiger partial charge is 0.264 e. The lowest BCUT2D eigenvalue weighted by atomic mass is 9.86. The summed E-state index contributed by atoms with van der Waals surface area (Å²) >= 11 is 1.75. The number of hydrogen-bond donors (Lipinski definition) is 0. The minimum atomic E-state index is 0.511. The molecule has 1 aliphatic carbocycles. The molecule has 0 aliphatic heterocycles. The molecule has 136 valence electrons. The van der Waals surface area contributed by atoms with Crippen LogP contribution in [0.4, 0.5) is 0 Å². The van der Waals surface area contributed by atoms with Gasteiger partial charge in [-0.05, 0) is 65.4 Å². The van der Waals surface area contributed by atoms with Crippen molar-refractivity contribution in [2.45, 2.75) is 13.3 Å². The van der Waals surface area contributed by atoms with E-state index in [9.17, 15) is 0 Å². The van der Waals surface area contributed by atoms with Gasteiger partial charge in [0, 0.05) is 23.5 Å². The Morgan fingerprint density at radius 2 is 1.79 bits per heavy atom. The van der Waals surface area contributed by atoms with Crippen LogP contribution in [0.15, 0.2) is 85.2 Å². The Morgan fingerprint density at radius 3 is 2.61 bits per heavy atom. The Labute approximate surface area is 168 Å². The summed E-state index contributed by atoms with van der Waals surface area (Å²) < 4.78 is 1.22. The molecule has 0 radical (unpaired) electrons. The van der Waals surface area contributed by atoms with E-state index in [1.54, 1.807) is 11.3 Å². The lowest BCUT2D eigenvalue weighted by molar-refractivity contribution is 0.758. The number of rotatable bonds is 3. The van der Waals surface area contributed by atoms with Crippen molar-refractivity contribution in [2.24, 2.45) is 5.92 Å². The van der Waals surface area contributed by atoms with E-state index in [2.05, 4.69) is 72.6 Å². The van der Waals surface area contributed by atoms with Crippen molar-refractivity contribution in [1.82, 2.24) is 9.97 Å². The van der Waals surface area contributed by atoms with Crippen LogP contribution >= 0.6 is 11.3 Å². The number of allylic oxidation sites excluding steroid dienone is 4.